The summed E-state index contributed by atoms with van der Waals surface area (Å²) in [5.74, 6) is 0.889. The summed E-state index contributed by atoms with van der Waals surface area (Å²) in [6.07, 6.45) is 0. The van der Waals surface area contributed by atoms with Crippen LogP contribution in [0.3, 0.4) is 0 Å². The van der Waals surface area contributed by atoms with Gasteiger partial charge in [0.2, 0.25) is 11.8 Å². The number of rotatable bonds is 4. The van der Waals surface area contributed by atoms with Gasteiger partial charge in [0.05, 0.1) is 17.1 Å². The molecule has 1 aliphatic heterocycles. The Morgan fingerprint density at radius 3 is 2.50 bits per heavy atom. The first-order valence-electron chi connectivity index (χ1n) is 7.85. The van der Waals surface area contributed by atoms with Crippen LogP contribution in [0.2, 0.25) is 0 Å². The van der Waals surface area contributed by atoms with Crippen LogP contribution in [0.1, 0.15) is 19.4 Å². The van der Waals surface area contributed by atoms with Crippen molar-refractivity contribution < 1.29 is 9.59 Å². The number of hydrogen-bond acceptors (Lipinski definition) is 3. The van der Waals surface area contributed by atoms with E-state index in [2.05, 4.69) is 5.32 Å². The summed E-state index contributed by atoms with van der Waals surface area (Å²) in [5.41, 5.74) is 1.72. The molecule has 1 aliphatic rings. The van der Waals surface area contributed by atoms with Crippen LogP contribution in [-0.2, 0) is 15.3 Å². The average molecular weight is 340 g/mol. The molecule has 2 amide bonds. The first-order valence-corrected chi connectivity index (χ1v) is 9.01. The minimum Gasteiger partial charge on any atom is -0.322 e. The van der Waals surface area contributed by atoms with E-state index < -0.39 is 5.54 Å². The first-order chi connectivity index (χ1) is 11.5. The van der Waals surface area contributed by atoms with Gasteiger partial charge < -0.3 is 5.32 Å². The zero-order valence-corrected chi connectivity index (χ0v) is 14.6. The number of fused-ring (bicyclic) bond motifs is 1. The van der Waals surface area contributed by atoms with Crippen molar-refractivity contribution in [1.29, 1.82) is 0 Å². The van der Waals surface area contributed by atoms with Gasteiger partial charge >= 0.3 is 0 Å². The van der Waals surface area contributed by atoms with E-state index in [0.717, 1.165) is 11.4 Å². The molecule has 1 N–H and O–H groups in total. The van der Waals surface area contributed by atoms with Crippen LogP contribution in [0.5, 0.6) is 0 Å². The van der Waals surface area contributed by atoms with Crippen LogP contribution in [-0.4, -0.2) is 23.1 Å². The number of carbonyl (C=O) groups is 2. The fourth-order valence-corrected chi connectivity index (χ4v) is 3.63. The summed E-state index contributed by atoms with van der Waals surface area (Å²) in [4.78, 5) is 26.8. The largest absolute Gasteiger partial charge is 0.322 e. The molecule has 4 nitrogen and oxygen atoms in total. The fourth-order valence-electron chi connectivity index (χ4n) is 2.79. The van der Waals surface area contributed by atoms with Crippen LogP contribution in [0.4, 0.5) is 11.4 Å². The van der Waals surface area contributed by atoms with Gasteiger partial charge in [0, 0.05) is 5.75 Å². The molecule has 0 aromatic heterocycles. The maximum atomic E-state index is 12.8. The van der Waals surface area contributed by atoms with E-state index >= 15 is 0 Å². The highest BCUT2D eigenvalue weighted by atomic mass is 32.2. The van der Waals surface area contributed by atoms with E-state index in [1.54, 1.807) is 30.5 Å². The standard InChI is InChI=1S/C19H20N2O2S/c1-19(2)18(23)20-15-10-6-7-11-16(15)21(19)17(22)13-24-12-14-8-4-3-5-9-14/h3-11H,12-13H2,1-2H3,(H,20,23). The number of benzene rings is 2. The third-order valence-corrected chi connectivity index (χ3v) is 5.08. The summed E-state index contributed by atoms with van der Waals surface area (Å²) in [7, 11) is 0. The highest BCUT2D eigenvalue weighted by molar-refractivity contribution is 7.99. The first kappa shape index (κ1) is 16.6. The van der Waals surface area contributed by atoms with Crippen molar-refractivity contribution in [3.05, 3.63) is 60.2 Å². The molecule has 0 bridgehead atoms. The molecule has 0 unspecified atom stereocenters. The van der Waals surface area contributed by atoms with Gasteiger partial charge in [-0.25, -0.2) is 0 Å². The molecule has 0 radical (unpaired) electrons. The van der Waals surface area contributed by atoms with E-state index in [9.17, 15) is 9.59 Å². The summed E-state index contributed by atoms with van der Waals surface area (Å²) in [5, 5.41) is 2.88. The number of thioether (sulfide) groups is 1. The number of nitrogens with zero attached hydrogens (tertiary/aromatic N) is 1. The summed E-state index contributed by atoms with van der Waals surface area (Å²) >= 11 is 1.56. The second-order valence-electron chi connectivity index (χ2n) is 6.24. The van der Waals surface area contributed by atoms with Gasteiger partial charge in [0.25, 0.3) is 0 Å². The molecule has 24 heavy (non-hydrogen) atoms. The number of anilines is 2. The van der Waals surface area contributed by atoms with E-state index in [1.165, 1.54) is 5.56 Å². The van der Waals surface area contributed by atoms with Crippen molar-refractivity contribution in [3.63, 3.8) is 0 Å². The van der Waals surface area contributed by atoms with Crippen LogP contribution in [0.15, 0.2) is 54.6 Å². The molecule has 0 saturated carbocycles. The van der Waals surface area contributed by atoms with E-state index in [-0.39, 0.29) is 11.8 Å². The van der Waals surface area contributed by atoms with Crippen LogP contribution >= 0.6 is 11.8 Å². The monoisotopic (exact) mass is 340 g/mol. The summed E-state index contributed by atoms with van der Waals surface area (Å²) in [6.45, 7) is 3.55. The van der Waals surface area contributed by atoms with Gasteiger partial charge in [-0.15, -0.1) is 11.8 Å². The van der Waals surface area contributed by atoms with Gasteiger partial charge in [0.15, 0.2) is 0 Å². The zero-order valence-electron chi connectivity index (χ0n) is 13.8. The maximum Gasteiger partial charge on any atom is 0.250 e. The molecule has 0 saturated heterocycles. The van der Waals surface area contributed by atoms with Gasteiger partial charge in [0.1, 0.15) is 5.54 Å². The highest BCUT2D eigenvalue weighted by Crippen LogP contribution is 2.37. The third kappa shape index (κ3) is 3.17. The van der Waals surface area contributed by atoms with Gasteiger partial charge in [-0.05, 0) is 31.5 Å². The lowest BCUT2D eigenvalue weighted by Crippen LogP contribution is -2.58. The minimum absolute atomic E-state index is 0.0526. The molecule has 2 aromatic carbocycles. The SMILES string of the molecule is CC1(C)C(=O)Nc2ccccc2N1C(=O)CSCc1ccccc1. The van der Waals surface area contributed by atoms with Gasteiger partial charge in [-0.3, -0.25) is 14.5 Å². The molecular weight excluding hydrogens is 320 g/mol. The number of hydrogen-bond donors (Lipinski definition) is 1. The van der Waals surface area contributed by atoms with Crippen molar-refractivity contribution in [2.75, 3.05) is 16.0 Å². The third-order valence-electron chi connectivity index (χ3n) is 4.09. The Labute approximate surface area is 146 Å². The smallest absolute Gasteiger partial charge is 0.250 e. The Morgan fingerprint density at radius 1 is 1.08 bits per heavy atom. The molecule has 1 heterocycles. The number of carbonyl (C=O) groups excluding carboxylic acids is 2. The predicted molar refractivity (Wildman–Crippen MR) is 99.2 cm³/mol. The highest BCUT2D eigenvalue weighted by Gasteiger charge is 2.43. The quantitative estimate of drug-likeness (QED) is 0.923. The van der Waals surface area contributed by atoms with Gasteiger partial charge in [-0.2, -0.15) is 0 Å². The van der Waals surface area contributed by atoms with Gasteiger partial charge in [-0.1, -0.05) is 42.5 Å². The molecule has 5 heteroatoms. The lowest BCUT2D eigenvalue weighted by Gasteiger charge is -2.42. The second-order valence-corrected chi connectivity index (χ2v) is 7.22. The number of amides is 2. The zero-order chi connectivity index (χ0) is 17.2. The Morgan fingerprint density at radius 2 is 1.75 bits per heavy atom. The van der Waals surface area contributed by atoms with Crippen molar-refractivity contribution in [2.45, 2.75) is 25.1 Å². The lowest BCUT2D eigenvalue weighted by atomic mass is 9.96. The van der Waals surface area contributed by atoms with Crippen LogP contribution < -0.4 is 10.2 Å². The molecule has 0 aliphatic carbocycles. The Kier molecular flexibility index (Phi) is 4.62. The molecule has 124 valence electrons. The van der Waals surface area contributed by atoms with Crippen molar-refractivity contribution in [3.8, 4) is 0 Å². The molecule has 3 rings (SSSR count). The molecule has 0 fully saturated rings. The van der Waals surface area contributed by atoms with E-state index in [4.69, 9.17) is 0 Å². The normalized spacial score (nSPS) is 15.6. The van der Waals surface area contributed by atoms with E-state index in [1.807, 2.05) is 54.6 Å². The lowest BCUT2D eigenvalue weighted by molar-refractivity contribution is -0.125. The molecule has 0 atom stereocenters. The Balaban J connectivity index is 1.76. The summed E-state index contributed by atoms with van der Waals surface area (Å²) in [6, 6.07) is 17.5. The maximum absolute atomic E-state index is 12.8. The van der Waals surface area contributed by atoms with Crippen molar-refractivity contribution in [2.24, 2.45) is 0 Å². The minimum atomic E-state index is -0.904. The van der Waals surface area contributed by atoms with Crippen molar-refractivity contribution in [1.82, 2.24) is 0 Å². The van der Waals surface area contributed by atoms with E-state index in [0.29, 0.717) is 11.4 Å². The number of nitrogens with one attached hydrogen (secondary N) is 1. The van der Waals surface area contributed by atoms with Crippen LogP contribution in [0.25, 0.3) is 0 Å². The van der Waals surface area contributed by atoms with Crippen LogP contribution in [0, 0.1) is 0 Å². The Hall–Kier alpha value is -2.27. The van der Waals surface area contributed by atoms with Crippen molar-refractivity contribution >= 4 is 35.0 Å². The molecule has 2 aromatic rings. The number of para-hydroxylation sites is 2. The average Bonchev–Trinajstić information content (AvgIpc) is 2.56. The predicted octanol–water partition coefficient (Wildman–Crippen LogP) is 3.68. The summed E-state index contributed by atoms with van der Waals surface area (Å²) < 4.78 is 0. The molecular formula is C19H20N2O2S. The fraction of sp³-hybridized carbons (Fsp3) is 0.263. The second kappa shape index (κ2) is 6.69. The topological polar surface area (TPSA) is 49.4 Å². The Bertz CT molecular complexity index is 759. The molecule has 0 spiro atoms.